The van der Waals surface area contributed by atoms with Crippen molar-refractivity contribution >= 4 is 17.9 Å². The van der Waals surface area contributed by atoms with Crippen molar-refractivity contribution in [1.29, 1.82) is 0 Å². The lowest BCUT2D eigenvalue weighted by molar-refractivity contribution is -0.167. The van der Waals surface area contributed by atoms with Crippen LogP contribution >= 0.6 is 0 Å². The van der Waals surface area contributed by atoms with E-state index in [0.29, 0.717) is 19.3 Å². The van der Waals surface area contributed by atoms with Crippen molar-refractivity contribution in [2.75, 3.05) is 13.2 Å². The SMILES string of the molecule is CC\C=C/C=C\C=C/C=C\C=C\C=C/CCCCCC(=O)OCC(COC(=O)CCCCCCCCCCCCCCC)OC(=O)CCCCCCCCC/C=C\CCCCCC. The second-order valence-electron chi connectivity index (χ2n) is 17.2. The number of carbonyl (C=O) groups is 3. The predicted molar refractivity (Wildman–Crippen MR) is 270 cm³/mol. The minimum Gasteiger partial charge on any atom is -0.462 e. The predicted octanol–water partition coefficient (Wildman–Crippen LogP) is 17.2. The van der Waals surface area contributed by atoms with Gasteiger partial charge in [0.05, 0.1) is 0 Å². The molecule has 0 aliphatic carbocycles. The highest BCUT2D eigenvalue weighted by molar-refractivity contribution is 5.71. The first-order chi connectivity index (χ1) is 31.0. The summed E-state index contributed by atoms with van der Waals surface area (Å²) in [6, 6.07) is 0. The number of unbranched alkanes of at least 4 members (excludes halogenated alkanes) is 26. The van der Waals surface area contributed by atoms with Gasteiger partial charge in [-0.1, -0.05) is 241 Å². The highest BCUT2D eigenvalue weighted by Gasteiger charge is 2.19. The van der Waals surface area contributed by atoms with E-state index in [0.717, 1.165) is 70.6 Å². The first kappa shape index (κ1) is 59.6. The van der Waals surface area contributed by atoms with Crippen molar-refractivity contribution in [3.63, 3.8) is 0 Å². The van der Waals surface area contributed by atoms with Gasteiger partial charge in [0.1, 0.15) is 13.2 Å². The Hall–Kier alpha value is -3.41. The molecule has 0 fully saturated rings. The third-order valence-corrected chi connectivity index (χ3v) is 11.0. The third-order valence-electron chi connectivity index (χ3n) is 11.0. The molecular weight excluding hydrogens is 781 g/mol. The highest BCUT2D eigenvalue weighted by atomic mass is 16.6. The van der Waals surface area contributed by atoms with Gasteiger partial charge in [0.15, 0.2) is 6.10 Å². The van der Waals surface area contributed by atoms with E-state index in [1.807, 2.05) is 60.8 Å². The van der Waals surface area contributed by atoms with Gasteiger partial charge >= 0.3 is 17.9 Å². The smallest absolute Gasteiger partial charge is 0.306 e. The molecule has 0 aromatic rings. The molecule has 63 heavy (non-hydrogen) atoms. The Labute approximate surface area is 388 Å². The lowest BCUT2D eigenvalue weighted by Gasteiger charge is -2.18. The Morgan fingerprint density at radius 1 is 0.333 bits per heavy atom. The molecule has 0 aliphatic rings. The molecule has 360 valence electrons. The number of hydrogen-bond acceptors (Lipinski definition) is 6. The largest absolute Gasteiger partial charge is 0.462 e. The molecule has 0 heterocycles. The Bertz CT molecular complexity index is 1240. The van der Waals surface area contributed by atoms with Crippen LogP contribution in [0.4, 0.5) is 0 Å². The minimum atomic E-state index is -0.795. The Balaban J connectivity index is 4.48. The van der Waals surface area contributed by atoms with Crippen LogP contribution < -0.4 is 0 Å². The number of allylic oxidation sites excluding steroid dienone is 14. The van der Waals surface area contributed by atoms with E-state index < -0.39 is 6.10 Å². The maximum Gasteiger partial charge on any atom is 0.306 e. The average Bonchev–Trinajstić information content (AvgIpc) is 3.28. The summed E-state index contributed by atoms with van der Waals surface area (Å²) in [5, 5.41) is 0. The normalized spacial score (nSPS) is 12.7. The molecule has 0 aromatic heterocycles. The highest BCUT2D eigenvalue weighted by Crippen LogP contribution is 2.15. The van der Waals surface area contributed by atoms with Gasteiger partial charge < -0.3 is 14.2 Å². The summed E-state index contributed by atoms with van der Waals surface area (Å²) in [4.78, 5) is 38.0. The van der Waals surface area contributed by atoms with Crippen molar-refractivity contribution in [3.05, 3.63) is 85.1 Å². The summed E-state index contributed by atoms with van der Waals surface area (Å²) in [5.41, 5.74) is 0. The number of carbonyl (C=O) groups excluding carboxylic acids is 3. The van der Waals surface area contributed by atoms with Gasteiger partial charge in [-0.25, -0.2) is 0 Å². The van der Waals surface area contributed by atoms with Gasteiger partial charge in [-0.05, 0) is 64.2 Å². The van der Waals surface area contributed by atoms with Gasteiger partial charge in [0, 0.05) is 19.3 Å². The monoisotopic (exact) mass is 877 g/mol. The molecule has 0 saturated carbocycles. The number of ether oxygens (including phenoxy) is 3. The van der Waals surface area contributed by atoms with Crippen LogP contribution in [0.15, 0.2) is 85.1 Å². The lowest BCUT2D eigenvalue weighted by Crippen LogP contribution is -2.30. The number of esters is 3. The van der Waals surface area contributed by atoms with E-state index in [-0.39, 0.29) is 31.1 Å². The van der Waals surface area contributed by atoms with Gasteiger partial charge in [-0.2, -0.15) is 0 Å². The molecule has 1 unspecified atom stereocenters. The zero-order valence-corrected chi connectivity index (χ0v) is 41.1. The second-order valence-corrected chi connectivity index (χ2v) is 17.2. The molecule has 1 atom stereocenters. The second kappa shape index (κ2) is 51.2. The summed E-state index contributed by atoms with van der Waals surface area (Å²) in [5.74, 6) is -0.939. The Kier molecular flexibility index (Phi) is 48.5. The zero-order chi connectivity index (χ0) is 45.8. The minimum absolute atomic E-state index is 0.0914. The molecule has 0 rings (SSSR count). The topological polar surface area (TPSA) is 78.9 Å². The molecule has 0 amide bonds. The molecule has 0 aromatic carbocycles. The molecule has 0 radical (unpaired) electrons. The summed E-state index contributed by atoms with van der Waals surface area (Å²) >= 11 is 0. The van der Waals surface area contributed by atoms with Crippen LogP contribution in [-0.2, 0) is 28.6 Å². The van der Waals surface area contributed by atoms with E-state index >= 15 is 0 Å². The number of hydrogen-bond donors (Lipinski definition) is 0. The van der Waals surface area contributed by atoms with E-state index in [1.54, 1.807) is 0 Å². The molecule has 0 aliphatic heterocycles. The van der Waals surface area contributed by atoms with Crippen LogP contribution in [0.1, 0.15) is 239 Å². The summed E-state index contributed by atoms with van der Waals surface area (Å²) in [6.45, 7) is 6.44. The van der Waals surface area contributed by atoms with Crippen molar-refractivity contribution in [1.82, 2.24) is 0 Å². The summed E-state index contributed by atoms with van der Waals surface area (Å²) in [7, 11) is 0. The molecule has 0 spiro atoms. The number of rotatable bonds is 46. The first-order valence-electron chi connectivity index (χ1n) is 26.2. The quantitative estimate of drug-likeness (QED) is 0.0199. The molecule has 0 saturated heterocycles. The molecule has 6 nitrogen and oxygen atoms in total. The van der Waals surface area contributed by atoms with E-state index in [4.69, 9.17) is 14.2 Å². The van der Waals surface area contributed by atoms with Crippen LogP contribution in [0, 0.1) is 0 Å². The van der Waals surface area contributed by atoms with Crippen LogP contribution in [0.3, 0.4) is 0 Å². The Morgan fingerprint density at radius 2 is 0.635 bits per heavy atom. The van der Waals surface area contributed by atoms with Gasteiger partial charge in [-0.3, -0.25) is 14.4 Å². The Morgan fingerprint density at radius 3 is 1.05 bits per heavy atom. The molecule has 0 bridgehead atoms. The third kappa shape index (κ3) is 49.5. The van der Waals surface area contributed by atoms with Crippen molar-refractivity contribution in [3.8, 4) is 0 Å². The van der Waals surface area contributed by atoms with Crippen molar-refractivity contribution < 1.29 is 28.6 Å². The van der Waals surface area contributed by atoms with Crippen LogP contribution in [0.25, 0.3) is 0 Å². The first-order valence-corrected chi connectivity index (χ1v) is 26.2. The fourth-order valence-corrected chi connectivity index (χ4v) is 7.12. The van der Waals surface area contributed by atoms with Gasteiger partial charge in [-0.15, -0.1) is 0 Å². The molecular formula is C57H96O6. The fraction of sp³-hybridized carbons (Fsp3) is 0.702. The maximum absolute atomic E-state index is 12.8. The van der Waals surface area contributed by atoms with E-state index in [9.17, 15) is 14.4 Å². The van der Waals surface area contributed by atoms with Crippen LogP contribution in [-0.4, -0.2) is 37.2 Å². The standard InChI is InChI=1S/C57H96O6/c1-4-7-10-13-16-19-22-25-27-28-30-32-35-38-41-44-47-50-56(59)62-53-54(52-61-55(58)49-46-43-40-37-34-31-24-21-18-15-12-9-6-3)63-57(60)51-48-45-42-39-36-33-29-26-23-20-17-14-11-8-5-2/h7,10,13,16,19-20,22-23,25,27-28,30,32,35,54H,4-6,8-9,11-12,14-15,17-18,21,24,26,29,31,33-34,36-53H2,1-3H3/b10-7-,16-13-,22-19-,23-20-,27-25-,30-28+,35-32-. The van der Waals surface area contributed by atoms with E-state index in [1.165, 1.54) is 128 Å². The fourth-order valence-electron chi connectivity index (χ4n) is 7.12. The molecule has 0 N–H and O–H groups in total. The van der Waals surface area contributed by atoms with Crippen molar-refractivity contribution in [2.24, 2.45) is 0 Å². The molecule has 6 heteroatoms. The van der Waals surface area contributed by atoms with Gasteiger partial charge in [0.2, 0.25) is 0 Å². The summed E-state index contributed by atoms with van der Waals surface area (Å²) < 4.78 is 16.8. The van der Waals surface area contributed by atoms with Crippen LogP contribution in [0.2, 0.25) is 0 Å². The maximum atomic E-state index is 12.8. The van der Waals surface area contributed by atoms with Crippen LogP contribution in [0.5, 0.6) is 0 Å². The van der Waals surface area contributed by atoms with Crippen molar-refractivity contribution in [2.45, 2.75) is 245 Å². The van der Waals surface area contributed by atoms with E-state index in [2.05, 4.69) is 45.1 Å². The zero-order valence-electron chi connectivity index (χ0n) is 41.1. The summed E-state index contributed by atoms with van der Waals surface area (Å²) in [6.07, 6.45) is 65.6. The average molecular weight is 877 g/mol. The lowest BCUT2D eigenvalue weighted by atomic mass is 10.0. The van der Waals surface area contributed by atoms with Gasteiger partial charge in [0.25, 0.3) is 0 Å².